The Labute approximate surface area is 181 Å². The quantitative estimate of drug-likeness (QED) is 0.154. The van der Waals surface area contributed by atoms with Gasteiger partial charge >= 0.3 is 0 Å². The largest absolute Gasteiger partial charge is 0.396 e. The van der Waals surface area contributed by atoms with Gasteiger partial charge in [0.25, 0.3) is 0 Å². The van der Waals surface area contributed by atoms with Gasteiger partial charge in [-0.25, -0.2) is 0 Å². The van der Waals surface area contributed by atoms with Crippen molar-refractivity contribution in [3.63, 3.8) is 0 Å². The Balaban J connectivity index is 3.64. The molecule has 29 heavy (non-hydrogen) atoms. The van der Waals surface area contributed by atoms with Crippen molar-refractivity contribution >= 4 is 5.91 Å². The molecule has 0 rings (SSSR count). The highest BCUT2D eigenvalue weighted by atomic mass is 16.3. The van der Waals surface area contributed by atoms with Crippen LogP contribution in [0.5, 0.6) is 0 Å². The molecule has 0 aliphatic carbocycles. The van der Waals surface area contributed by atoms with E-state index < -0.39 is 0 Å². The fraction of sp³-hybridized carbons (Fsp3) is 0.885. The highest BCUT2D eigenvalue weighted by molar-refractivity contribution is 5.77. The summed E-state index contributed by atoms with van der Waals surface area (Å²) in [5, 5.41) is 9.76. The summed E-state index contributed by atoms with van der Waals surface area (Å²) < 4.78 is 0. The minimum Gasteiger partial charge on any atom is -0.396 e. The van der Waals surface area contributed by atoms with Crippen molar-refractivity contribution in [1.29, 1.82) is 0 Å². The van der Waals surface area contributed by atoms with Gasteiger partial charge in [-0.15, -0.1) is 0 Å². The Morgan fingerprint density at radius 3 is 1.76 bits per heavy atom. The molecule has 0 aromatic carbocycles. The van der Waals surface area contributed by atoms with Crippen LogP contribution in [0, 0.1) is 11.3 Å². The van der Waals surface area contributed by atoms with Crippen LogP contribution in [0.1, 0.15) is 130 Å². The number of hydrogen-bond donors (Lipinski definition) is 2. The molecule has 0 aromatic rings. The number of hydrogen-bond acceptors (Lipinski definition) is 2. The molecule has 3 N–H and O–H groups in total. The Morgan fingerprint density at radius 2 is 1.31 bits per heavy atom. The molecule has 0 spiro atoms. The molecule has 0 heterocycles. The second-order valence-electron chi connectivity index (χ2n) is 9.24. The van der Waals surface area contributed by atoms with E-state index in [1.54, 1.807) is 0 Å². The van der Waals surface area contributed by atoms with Crippen LogP contribution in [0.4, 0.5) is 0 Å². The summed E-state index contributed by atoms with van der Waals surface area (Å²) in [4.78, 5) is 11.9. The first-order valence-corrected chi connectivity index (χ1v) is 12.6. The van der Waals surface area contributed by atoms with Gasteiger partial charge in [-0.2, -0.15) is 0 Å². The molecule has 0 radical (unpaired) electrons. The summed E-state index contributed by atoms with van der Waals surface area (Å²) in [7, 11) is 0. The normalized spacial score (nSPS) is 14.9. The third-order valence-corrected chi connectivity index (χ3v) is 6.37. The van der Waals surface area contributed by atoms with Crippen molar-refractivity contribution in [2.45, 2.75) is 130 Å². The lowest BCUT2D eigenvalue weighted by Gasteiger charge is -2.34. The van der Waals surface area contributed by atoms with Crippen LogP contribution in [-0.4, -0.2) is 17.6 Å². The van der Waals surface area contributed by atoms with E-state index in [4.69, 9.17) is 5.73 Å². The van der Waals surface area contributed by atoms with Crippen LogP contribution in [0.15, 0.2) is 12.2 Å². The minimum absolute atomic E-state index is 0.0441. The Bertz CT molecular complexity index is 408. The van der Waals surface area contributed by atoms with E-state index in [-0.39, 0.29) is 23.8 Å². The third kappa shape index (κ3) is 14.7. The highest BCUT2D eigenvalue weighted by Gasteiger charge is 2.36. The number of carbonyl (C=O) groups is 1. The lowest BCUT2D eigenvalue weighted by Crippen LogP contribution is -2.40. The van der Waals surface area contributed by atoms with Gasteiger partial charge in [-0.1, -0.05) is 104 Å². The van der Waals surface area contributed by atoms with E-state index in [0.717, 1.165) is 32.1 Å². The van der Waals surface area contributed by atoms with E-state index in [1.165, 1.54) is 77.0 Å². The van der Waals surface area contributed by atoms with Gasteiger partial charge in [-0.3, -0.25) is 4.79 Å². The lowest BCUT2D eigenvalue weighted by atomic mass is 9.72. The van der Waals surface area contributed by atoms with E-state index in [0.29, 0.717) is 0 Å². The van der Waals surface area contributed by atoms with Crippen molar-refractivity contribution in [3.8, 4) is 0 Å². The van der Waals surface area contributed by atoms with Crippen molar-refractivity contribution in [2.75, 3.05) is 6.61 Å². The maximum atomic E-state index is 11.9. The molecule has 0 saturated carbocycles. The summed E-state index contributed by atoms with van der Waals surface area (Å²) in [5.74, 6) is -0.447. The van der Waals surface area contributed by atoms with E-state index in [9.17, 15) is 9.90 Å². The second kappa shape index (κ2) is 19.2. The number of unbranched alkanes of at least 4 members (excludes halogenated alkanes) is 12. The van der Waals surface area contributed by atoms with Crippen LogP contribution < -0.4 is 5.73 Å². The average molecular weight is 410 g/mol. The number of primary amides is 1. The molecule has 0 aliphatic heterocycles. The van der Waals surface area contributed by atoms with Crippen LogP contribution in [0.3, 0.4) is 0 Å². The SMILES string of the molecule is CCCCCCC=CCCCCCCCCCCC(C(N)=O)C(C)(CO)CCC. The predicted molar refractivity (Wildman–Crippen MR) is 127 cm³/mol. The molecule has 3 heteroatoms. The first kappa shape index (κ1) is 28.2. The molecule has 1 amide bonds. The Hall–Kier alpha value is -0.830. The first-order valence-electron chi connectivity index (χ1n) is 12.6. The van der Waals surface area contributed by atoms with E-state index >= 15 is 0 Å². The number of rotatable bonds is 21. The molecule has 0 aliphatic rings. The number of nitrogens with two attached hydrogens (primary N) is 1. The number of aliphatic hydroxyl groups is 1. The summed E-state index contributed by atoms with van der Waals surface area (Å²) in [6, 6.07) is 0. The number of aliphatic hydroxyl groups excluding tert-OH is 1. The number of allylic oxidation sites excluding steroid dienone is 2. The monoisotopic (exact) mass is 409 g/mol. The van der Waals surface area contributed by atoms with Crippen LogP contribution in [0.2, 0.25) is 0 Å². The maximum absolute atomic E-state index is 11.9. The molecular formula is C26H51NO2. The zero-order valence-corrected chi connectivity index (χ0v) is 19.9. The van der Waals surface area contributed by atoms with E-state index in [2.05, 4.69) is 26.0 Å². The second-order valence-corrected chi connectivity index (χ2v) is 9.24. The summed E-state index contributed by atoms with van der Waals surface area (Å²) in [6.45, 7) is 6.41. The molecule has 0 saturated heterocycles. The van der Waals surface area contributed by atoms with Crippen LogP contribution in [-0.2, 0) is 4.79 Å². The van der Waals surface area contributed by atoms with E-state index in [1.807, 2.05) is 6.92 Å². The van der Waals surface area contributed by atoms with Crippen molar-refractivity contribution in [3.05, 3.63) is 12.2 Å². The van der Waals surface area contributed by atoms with Gasteiger partial charge in [0.05, 0.1) is 0 Å². The molecule has 0 fully saturated rings. The topological polar surface area (TPSA) is 63.3 Å². The van der Waals surface area contributed by atoms with Gasteiger partial charge in [0.1, 0.15) is 0 Å². The smallest absolute Gasteiger partial charge is 0.221 e. The predicted octanol–water partition coefficient (Wildman–Crippen LogP) is 7.31. The fourth-order valence-corrected chi connectivity index (χ4v) is 4.36. The molecule has 0 bridgehead atoms. The molecule has 172 valence electrons. The van der Waals surface area contributed by atoms with Gasteiger partial charge in [-0.05, 0) is 38.5 Å². The standard InChI is InChI=1S/C26H51NO2/c1-4-6-7-8-9-10-11-12-13-14-15-16-17-18-19-20-21-24(25(27)29)26(3,23-28)22-5-2/h10-11,24,28H,4-9,12-23H2,1-3H3,(H2,27,29). The first-order chi connectivity index (χ1) is 14.0. The zero-order chi connectivity index (χ0) is 21.8. The van der Waals surface area contributed by atoms with Gasteiger partial charge in [0.15, 0.2) is 0 Å². The molecular weight excluding hydrogens is 358 g/mol. The lowest BCUT2D eigenvalue weighted by molar-refractivity contribution is -0.127. The number of carbonyl (C=O) groups excluding carboxylic acids is 1. The maximum Gasteiger partial charge on any atom is 0.221 e. The molecule has 2 atom stereocenters. The molecule has 3 nitrogen and oxygen atoms in total. The van der Waals surface area contributed by atoms with Crippen molar-refractivity contribution < 1.29 is 9.90 Å². The summed E-state index contributed by atoms with van der Waals surface area (Å²) in [6.07, 6.45) is 25.4. The third-order valence-electron chi connectivity index (χ3n) is 6.37. The van der Waals surface area contributed by atoms with Gasteiger partial charge in [0, 0.05) is 17.9 Å². The van der Waals surface area contributed by atoms with Crippen LogP contribution >= 0.6 is 0 Å². The average Bonchev–Trinajstić information content (AvgIpc) is 2.70. The minimum atomic E-state index is -0.357. The van der Waals surface area contributed by atoms with Crippen molar-refractivity contribution in [1.82, 2.24) is 0 Å². The summed E-state index contributed by atoms with van der Waals surface area (Å²) >= 11 is 0. The summed E-state index contributed by atoms with van der Waals surface area (Å²) in [5.41, 5.74) is 5.28. The van der Waals surface area contributed by atoms with Crippen LogP contribution in [0.25, 0.3) is 0 Å². The fourth-order valence-electron chi connectivity index (χ4n) is 4.36. The Kier molecular flexibility index (Phi) is 18.6. The van der Waals surface area contributed by atoms with Gasteiger partial charge in [0.2, 0.25) is 5.91 Å². The molecule has 0 aromatic heterocycles. The Morgan fingerprint density at radius 1 is 0.828 bits per heavy atom. The van der Waals surface area contributed by atoms with Gasteiger partial charge < -0.3 is 10.8 Å². The molecule has 2 unspecified atom stereocenters. The number of amides is 1. The van der Waals surface area contributed by atoms with Crippen molar-refractivity contribution in [2.24, 2.45) is 17.1 Å². The zero-order valence-electron chi connectivity index (χ0n) is 19.9. The highest BCUT2D eigenvalue weighted by Crippen LogP contribution is 2.35.